The Labute approximate surface area is 141 Å². The Morgan fingerprint density at radius 1 is 1.25 bits per heavy atom. The maximum Gasteiger partial charge on any atom is 0.405 e. The van der Waals surface area contributed by atoms with Crippen LogP contribution < -0.4 is 10.6 Å². The fourth-order valence-electron chi connectivity index (χ4n) is 3.59. The van der Waals surface area contributed by atoms with Crippen molar-refractivity contribution in [3.05, 3.63) is 0 Å². The smallest absolute Gasteiger partial charge is 0.405 e. The van der Waals surface area contributed by atoms with E-state index in [1.54, 1.807) is 0 Å². The van der Waals surface area contributed by atoms with Crippen LogP contribution in [-0.2, 0) is 9.59 Å². The first-order valence-electron chi connectivity index (χ1n) is 8.62. The van der Waals surface area contributed by atoms with Gasteiger partial charge < -0.3 is 25.7 Å². The highest BCUT2D eigenvalue weighted by Gasteiger charge is 2.35. The van der Waals surface area contributed by atoms with E-state index < -0.39 is 30.3 Å². The van der Waals surface area contributed by atoms with E-state index in [-0.39, 0.29) is 12.3 Å². The molecule has 1 heterocycles. The van der Waals surface area contributed by atoms with Gasteiger partial charge in [0.25, 0.3) is 0 Å². The van der Waals surface area contributed by atoms with Crippen LogP contribution in [0.3, 0.4) is 0 Å². The van der Waals surface area contributed by atoms with Crippen molar-refractivity contribution in [2.75, 3.05) is 7.05 Å². The Hall–Kier alpha value is -1.83. The largest absolute Gasteiger partial charge is 0.465 e. The molecule has 1 aliphatic heterocycles. The van der Waals surface area contributed by atoms with E-state index in [0.717, 1.165) is 25.7 Å². The lowest BCUT2D eigenvalue weighted by molar-refractivity contribution is -0.148. The average molecular weight is 341 g/mol. The molecule has 0 bridgehead atoms. The van der Waals surface area contributed by atoms with Crippen molar-refractivity contribution in [2.24, 2.45) is 5.92 Å². The Kier molecular flexibility index (Phi) is 6.42. The number of nitrogens with zero attached hydrogens (tertiary/aromatic N) is 1. The van der Waals surface area contributed by atoms with Gasteiger partial charge in [0.1, 0.15) is 12.3 Å². The molecule has 8 nitrogen and oxygen atoms in total. The fraction of sp³-hybridized carbons (Fsp3) is 0.812. The SMILES string of the molecule is CN1C(=O)CCC(NC(=O)C(CC2CCCCC2)NC(=O)O)C1O. The number of carbonyl (C=O) groups is 3. The molecule has 136 valence electrons. The van der Waals surface area contributed by atoms with Gasteiger partial charge in [-0.3, -0.25) is 9.59 Å². The summed E-state index contributed by atoms with van der Waals surface area (Å²) in [5.74, 6) is -0.271. The van der Waals surface area contributed by atoms with E-state index >= 15 is 0 Å². The second-order valence-corrected chi connectivity index (χ2v) is 6.81. The molecule has 4 N–H and O–H groups in total. The molecule has 0 aromatic heterocycles. The Morgan fingerprint density at radius 2 is 1.92 bits per heavy atom. The van der Waals surface area contributed by atoms with Crippen molar-refractivity contribution in [3.63, 3.8) is 0 Å². The highest BCUT2D eigenvalue weighted by molar-refractivity contribution is 5.86. The monoisotopic (exact) mass is 341 g/mol. The number of amides is 3. The molecule has 2 aliphatic rings. The molecular weight excluding hydrogens is 314 g/mol. The quantitative estimate of drug-likeness (QED) is 0.585. The summed E-state index contributed by atoms with van der Waals surface area (Å²) < 4.78 is 0. The lowest BCUT2D eigenvalue weighted by Gasteiger charge is -2.36. The molecule has 3 atom stereocenters. The first-order chi connectivity index (χ1) is 11.4. The Morgan fingerprint density at radius 3 is 2.54 bits per heavy atom. The Bertz CT molecular complexity index is 478. The van der Waals surface area contributed by atoms with Crippen LogP contribution in [0.4, 0.5) is 4.79 Å². The van der Waals surface area contributed by atoms with Crippen LogP contribution in [0.1, 0.15) is 51.4 Å². The zero-order valence-electron chi connectivity index (χ0n) is 14.0. The van der Waals surface area contributed by atoms with Crippen LogP contribution in [0.2, 0.25) is 0 Å². The zero-order valence-corrected chi connectivity index (χ0v) is 14.0. The molecule has 8 heteroatoms. The van der Waals surface area contributed by atoms with Gasteiger partial charge in [0.15, 0.2) is 0 Å². The summed E-state index contributed by atoms with van der Waals surface area (Å²) in [4.78, 5) is 36.3. The number of aliphatic hydroxyl groups is 1. The first kappa shape index (κ1) is 18.5. The highest BCUT2D eigenvalue weighted by Crippen LogP contribution is 2.27. The fourth-order valence-corrected chi connectivity index (χ4v) is 3.59. The van der Waals surface area contributed by atoms with E-state index in [2.05, 4.69) is 10.6 Å². The summed E-state index contributed by atoms with van der Waals surface area (Å²) in [6, 6.07) is -1.41. The van der Waals surface area contributed by atoms with Gasteiger partial charge >= 0.3 is 6.09 Å². The van der Waals surface area contributed by atoms with Gasteiger partial charge in [0, 0.05) is 13.5 Å². The lowest BCUT2D eigenvalue weighted by atomic mass is 9.84. The van der Waals surface area contributed by atoms with Crippen LogP contribution in [0.25, 0.3) is 0 Å². The number of piperidine rings is 1. The average Bonchev–Trinajstić information content (AvgIpc) is 2.55. The van der Waals surface area contributed by atoms with Crippen molar-refractivity contribution in [3.8, 4) is 0 Å². The van der Waals surface area contributed by atoms with Gasteiger partial charge in [0.05, 0.1) is 6.04 Å². The molecule has 0 aromatic rings. The van der Waals surface area contributed by atoms with Crippen LogP contribution in [-0.4, -0.2) is 58.4 Å². The third-order valence-electron chi connectivity index (χ3n) is 5.05. The summed E-state index contributed by atoms with van der Waals surface area (Å²) in [6.45, 7) is 0. The predicted octanol–water partition coefficient (Wildman–Crippen LogP) is 0.648. The molecule has 0 spiro atoms. The minimum absolute atomic E-state index is 0.171. The number of carboxylic acid groups (broad SMARTS) is 1. The summed E-state index contributed by atoms with van der Waals surface area (Å²) in [7, 11) is 1.49. The molecule has 1 saturated carbocycles. The van der Waals surface area contributed by atoms with Crippen molar-refractivity contribution in [1.82, 2.24) is 15.5 Å². The van der Waals surface area contributed by atoms with Gasteiger partial charge in [-0.15, -0.1) is 0 Å². The topological polar surface area (TPSA) is 119 Å². The summed E-state index contributed by atoms with van der Waals surface area (Å²) in [6.07, 6.45) is 4.17. The third kappa shape index (κ3) is 4.83. The van der Waals surface area contributed by atoms with Gasteiger partial charge in [0.2, 0.25) is 11.8 Å². The zero-order chi connectivity index (χ0) is 17.7. The number of rotatable bonds is 5. The van der Waals surface area contributed by atoms with Crippen molar-refractivity contribution in [1.29, 1.82) is 0 Å². The van der Waals surface area contributed by atoms with Crippen LogP contribution >= 0.6 is 0 Å². The van der Waals surface area contributed by atoms with Crippen molar-refractivity contribution in [2.45, 2.75) is 69.7 Å². The number of likely N-dealkylation sites (tertiary alicyclic amines) is 1. The van der Waals surface area contributed by atoms with Gasteiger partial charge in [-0.05, 0) is 18.8 Å². The molecule has 3 unspecified atom stereocenters. The number of hydrogen-bond acceptors (Lipinski definition) is 4. The minimum Gasteiger partial charge on any atom is -0.465 e. The van der Waals surface area contributed by atoms with E-state index in [9.17, 15) is 19.5 Å². The van der Waals surface area contributed by atoms with E-state index in [1.807, 2.05) is 0 Å². The molecule has 0 aromatic carbocycles. The number of hydrogen-bond donors (Lipinski definition) is 4. The highest BCUT2D eigenvalue weighted by atomic mass is 16.4. The molecule has 2 fully saturated rings. The number of likely N-dealkylation sites (N-methyl/N-ethyl adjacent to an activating group) is 1. The van der Waals surface area contributed by atoms with Crippen LogP contribution in [0.5, 0.6) is 0 Å². The Balaban J connectivity index is 1.96. The molecule has 3 amide bonds. The normalized spacial score (nSPS) is 26.8. The van der Waals surface area contributed by atoms with Crippen molar-refractivity contribution < 1.29 is 24.6 Å². The van der Waals surface area contributed by atoms with Crippen molar-refractivity contribution >= 4 is 17.9 Å². The van der Waals surface area contributed by atoms with E-state index in [0.29, 0.717) is 18.8 Å². The second kappa shape index (κ2) is 8.32. The standard InChI is InChI=1S/C16H27N3O5/c1-19-13(20)8-7-11(15(19)22)17-14(21)12(18-16(23)24)9-10-5-3-2-4-6-10/h10-12,15,18,22H,2-9H2,1H3,(H,17,21)(H,23,24). The number of carbonyl (C=O) groups excluding carboxylic acids is 2. The third-order valence-corrected chi connectivity index (χ3v) is 5.05. The number of nitrogens with one attached hydrogen (secondary N) is 2. The molecule has 1 aliphatic carbocycles. The predicted molar refractivity (Wildman–Crippen MR) is 86.1 cm³/mol. The summed E-state index contributed by atoms with van der Waals surface area (Å²) in [5.41, 5.74) is 0. The minimum atomic E-state index is -1.23. The van der Waals surface area contributed by atoms with Gasteiger partial charge in [-0.25, -0.2) is 4.79 Å². The van der Waals surface area contributed by atoms with Crippen LogP contribution in [0, 0.1) is 5.92 Å². The van der Waals surface area contributed by atoms with Gasteiger partial charge in [-0.1, -0.05) is 32.1 Å². The molecule has 24 heavy (non-hydrogen) atoms. The molecule has 2 rings (SSSR count). The molecule has 0 radical (unpaired) electrons. The van der Waals surface area contributed by atoms with Crippen LogP contribution in [0.15, 0.2) is 0 Å². The summed E-state index contributed by atoms with van der Waals surface area (Å²) in [5, 5.41) is 24.1. The second-order valence-electron chi connectivity index (χ2n) is 6.81. The summed E-state index contributed by atoms with van der Waals surface area (Å²) >= 11 is 0. The number of aliphatic hydroxyl groups excluding tert-OH is 1. The molecular formula is C16H27N3O5. The lowest BCUT2D eigenvalue weighted by Crippen LogP contribution is -2.59. The maximum absolute atomic E-state index is 12.5. The van der Waals surface area contributed by atoms with E-state index in [4.69, 9.17) is 5.11 Å². The van der Waals surface area contributed by atoms with Gasteiger partial charge in [-0.2, -0.15) is 0 Å². The molecule has 1 saturated heterocycles. The first-order valence-corrected chi connectivity index (χ1v) is 8.62. The maximum atomic E-state index is 12.5. The van der Waals surface area contributed by atoms with E-state index in [1.165, 1.54) is 18.4 Å².